The minimum absolute atomic E-state index is 0.269. The van der Waals surface area contributed by atoms with Gasteiger partial charge in [-0.3, -0.25) is 14.4 Å². The third kappa shape index (κ3) is 3.46. The summed E-state index contributed by atoms with van der Waals surface area (Å²) in [6.07, 6.45) is 3.52. The summed E-state index contributed by atoms with van der Waals surface area (Å²) in [5.41, 5.74) is 1.20. The Hall–Kier alpha value is -5.04. The molecule has 4 aromatic rings. The molecule has 0 amide bonds. The first kappa shape index (κ1) is 25.9. The number of Topliss-reactive ketones (excluding diaryl/α,β-unsaturated/α-hetero) is 3. The predicted octanol–water partition coefficient (Wildman–Crippen LogP) is 6.16. The zero-order valence-corrected chi connectivity index (χ0v) is 22.9. The van der Waals surface area contributed by atoms with Crippen LogP contribution in [-0.4, -0.2) is 43.7 Å². The number of carbonyl (C=O) groups is 3. The van der Waals surface area contributed by atoms with Gasteiger partial charge in [0, 0.05) is 33.9 Å². The quantitative estimate of drug-likeness (QED) is 0.216. The zero-order chi connectivity index (χ0) is 29.2. The summed E-state index contributed by atoms with van der Waals surface area (Å²) < 4.78 is 25.2. The van der Waals surface area contributed by atoms with Crippen LogP contribution in [0.15, 0.2) is 97.1 Å². The van der Waals surface area contributed by atoms with E-state index in [0.29, 0.717) is 45.0 Å². The molecule has 208 valence electrons. The maximum atomic E-state index is 14.7. The van der Waals surface area contributed by atoms with E-state index in [1.807, 2.05) is 11.0 Å². The highest BCUT2D eigenvalue weighted by molar-refractivity contribution is 6.32. The molecule has 1 fully saturated rings. The molecule has 6 nitrogen and oxygen atoms in total. The van der Waals surface area contributed by atoms with Crippen LogP contribution in [0.25, 0.3) is 6.08 Å². The lowest BCUT2D eigenvalue weighted by atomic mass is 9.64. The number of halogens is 1. The molecule has 1 saturated heterocycles. The monoisotopic (exact) mass is 559 g/mol. The van der Waals surface area contributed by atoms with E-state index in [4.69, 9.17) is 9.47 Å². The van der Waals surface area contributed by atoms with Crippen LogP contribution in [0, 0.1) is 11.2 Å². The Balaban J connectivity index is 1.54. The molecule has 0 aromatic heterocycles. The summed E-state index contributed by atoms with van der Waals surface area (Å²) in [7, 11) is 3.09. The van der Waals surface area contributed by atoms with Gasteiger partial charge in [0.05, 0.1) is 20.3 Å². The van der Waals surface area contributed by atoms with Gasteiger partial charge in [0.15, 0.2) is 17.3 Å². The van der Waals surface area contributed by atoms with Crippen LogP contribution in [0.5, 0.6) is 11.5 Å². The number of ether oxygens (including phenoxy) is 2. The van der Waals surface area contributed by atoms with Gasteiger partial charge in [-0.05, 0) is 60.2 Å². The highest BCUT2D eigenvalue weighted by atomic mass is 19.1. The third-order valence-electron chi connectivity index (χ3n) is 8.86. The first-order chi connectivity index (χ1) is 20.4. The fraction of sp³-hybridized carbons (Fsp3) is 0.171. The largest absolute Gasteiger partial charge is 0.497 e. The molecule has 4 aromatic carbocycles. The standard InChI is InChI=1S/C35H26FNO5/c1-41-24-14-10-20(11-15-24)32(38)31-30(22-6-5-7-25(19-22)42-2)35(33(39)26-8-3-4-9-27(26)34(35)40)29-17-12-21-18-23(36)13-16-28(21)37(29)31/h3-19,29-31H,1-2H3/t29-,30-,31-/m1/s1. The van der Waals surface area contributed by atoms with Gasteiger partial charge in [0.2, 0.25) is 0 Å². The number of carbonyl (C=O) groups excluding carboxylic acids is 3. The molecule has 0 saturated carbocycles. The topological polar surface area (TPSA) is 72.9 Å². The second kappa shape index (κ2) is 9.52. The number of ketones is 3. The molecular weight excluding hydrogens is 533 g/mol. The molecule has 0 bridgehead atoms. The van der Waals surface area contributed by atoms with Crippen LogP contribution >= 0.6 is 0 Å². The summed E-state index contributed by atoms with van der Waals surface area (Å²) in [6, 6.07) is 23.4. The number of rotatable bonds is 5. The van der Waals surface area contributed by atoms with E-state index in [9.17, 15) is 18.8 Å². The molecule has 42 heavy (non-hydrogen) atoms. The summed E-state index contributed by atoms with van der Waals surface area (Å²) in [4.78, 5) is 45.9. The molecule has 2 aliphatic heterocycles. The third-order valence-corrected chi connectivity index (χ3v) is 8.86. The Morgan fingerprint density at radius 1 is 0.810 bits per heavy atom. The second-order valence-corrected chi connectivity index (χ2v) is 10.8. The average Bonchev–Trinajstić information content (AvgIpc) is 3.46. The number of hydrogen-bond donors (Lipinski definition) is 0. The van der Waals surface area contributed by atoms with Crippen molar-refractivity contribution in [2.24, 2.45) is 5.41 Å². The van der Waals surface area contributed by atoms with E-state index >= 15 is 0 Å². The van der Waals surface area contributed by atoms with Crippen molar-refractivity contribution < 1.29 is 28.2 Å². The molecule has 7 rings (SSSR count). The van der Waals surface area contributed by atoms with Gasteiger partial charge in [0.25, 0.3) is 0 Å². The molecule has 3 atom stereocenters. The Kier molecular flexibility index (Phi) is 5.87. The van der Waals surface area contributed by atoms with Crippen LogP contribution < -0.4 is 14.4 Å². The van der Waals surface area contributed by atoms with Crippen LogP contribution in [0.3, 0.4) is 0 Å². The molecule has 0 N–H and O–H groups in total. The molecule has 2 heterocycles. The molecule has 3 aliphatic rings. The number of benzene rings is 4. The van der Waals surface area contributed by atoms with E-state index in [-0.39, 0.29) is 17.3 Å². The number of fused-ring (bicyclic) bond motifs is 5. The first-order valence-electron chi connectivity index (χ1n) is 13.7. The lowest BCUT2D eigenvalue weighted by molar-refractivity contribution is 0.0665. The van der Waals surface area contributed by atoms with E-state index in [1.165, 1.54) is 12.1 Å². The van der Waals surface area contributed by atoms with Crippen LogP contribution in [-0.2, 0) is 0 Å². The summed E-state index contributed by atoms with van der Waals surface area (Å²) in [6.45, 7) is 0. The minimum Gasteiger partial charge on any atom is -0.497 e. The zero-order valence-electron chi connectivity index (χ0n) is 22.9. The smallest absolute Gasteiger partial charge is 0.185 e. The number of anilines is 1. The first-order valence-corrected chi connectivity index (χ1v) is 13.7. The lowest BCUT2D eigenvalue weighted by Crippen LogP contribution is -2.48. The Morgan fingerprint density at radius 2 is 1.50 bits per heavy atom. The van der Waals surface area contributed by atoms with E-state index in [1.54, 1.807) is 99.2 Å². The van der Waals surface area contributed by atoms with Gasteiger partial charge < -0.3 is 14.4 Å². The average molecular weight is 560 g/mol. The fourth-order valence-corrected chi connectivity index (χ4v) is 7.08. The molecule has 7 heteroatoms. The van der Waals surface area contributed by atoms with Crippen LogP contribution in [0.4, 0.5) is 10.1 Å². The maximum absolute atomic E-state index is 14.7. The Bertz CT molecular complexity index is 1780. The SMILES string of the molecule is COc1ccc(C(=O)[C@H]2[C@@H](c3cccc(OC)c3)C3(C(=O)c4ccccc4C3=O)[C@H]3C=Cc4cc(F)ccc4N23)cc1. The summed E-state index contributed by atoms with van der Waals surface area (Å²) in [5.74, 6) is -1.10. The molecule has 1 spiro atoms. The summed E-state index contributed by atoms with van der Waals surface area (Å²) in [5, 5.41) is 0. The van der Waals surface area contributed by atoms with Gasteiger partial charge >= 0.3 is 0 Å². The minimum atomic E-state index is -1.65. The van der Waals surface area contributed by atoms with Gasteiger partial charge in [0.1, 0.15) is 28.8 Å². The van der Waals surface area contributed by atoms with Crippen molar-refractivity contribution >= 4 is 29.1 Å². The summed E-state index contributed by atoms with van der Waals surface area (Å²) >= 11 is 0. The normalized spacial score (nSPS) is 21.2. The Morgan fingerprint density at radius 3 is 2.17 bits per heavy atom. The molecule has 1 aliphatic carbocycles. The highest BCUT2D eigenvalue weighted by Crippen LogP contribution is 2.61. The van der Waals surface area contributed by atoms with Crippen molar-refractivity contribution in [2.45, 2.75) is 18.0 Å². The lowest BCUT2D eigenvalue weighted by Gasteiger charge is -2.37. The maximum Gasteiger partial charge on any atom is 0.185 e. The number of nitrogens with zero attached hydrogens (tertiary/aromatic N) is 1. The van der Waals surface area contributed by atoms with Gasteiger partial charge in [-0.1, -0.05) is 48.6 Å². The molecule has 0 radical (unpaired) electrons. The van der Waals surface area contributed by atoms with E-state index in [2.05, 4.69) is 0 Å². The fourth-order valence-electron chi connectivity index (χ4n) is 7.08. The van der Waals surface area contributed by atoms with Crippen molar-refractivity contribution in [2.75, 3.05) is 19.1 Å². The Labute approximate surface area is 242 Å². The van der Waals surface area contributed by atoms with Crippen LogP contribution in [0.1, 0.15) is 48.1 Å². The number of methoxy groups -OCH3 is 2. The van der Waals surface area contributed by atoms with Crippen molar-refractivity contribution in [3.8, 4) is 11.5 Å². The van der Waals surface area contributed by atoms with E-state index in [0.717, 1.165) is 0 Å². The van der Waals surface area contributed by atoms with Crippen molar-refractivity contribution in [3.63, 3.8) is 0 Å². The van der Waals surface area contributed by atoms with Gasteiger partial charge in [-0.15, -0.1) is 0 Å². The second-order valence-electron chi connectivity index (χ2n) is 10.8. The molecule has 0 unspecified atom stereocenters. The van der Waals surface area contributed by atoms with Gasteiger partial charge in [-0.25, -0.2) is 4.39 Å². The van der Waals surface area contributed by atoms with E-state index < -0.39 is 29.2 Å². The predicted molar refractivity (Wildman–Crippen MR) is 156 cm³/mol. The molecular formula is C35H26FNO5. The van der Waals surface area contributed by atoms with Crippen molar-refractivity contribution in [3.05, 3.63) is 131 Å². The highest BCUT2D eigenvalue weighted by Gasteiger charge is 2.71. The number of hydrogen-bond acceptors (Lipinski definition) is 6. The van der Waals surface area contributed by atoms with Gasteiger partial charge in [-0.2, -0.15) is 0 Å². The van der Waals surface area contributed by atoms with Crippen LogP contribution in [0.2, 0.25) is 0 Å². The van der Waals surface area contributed by atoms with Crippen molar-refractivity contribution in [1.29, 1.82) is 0 Å². The van der Waals surface area contributed by atoms with Crippen molar-refractivity contribution in [1.82, 2.24) is 0 Å².